The van der Waals surface area contributed by atoms with E-state index in [4.69, 9.17) is 15.2 Å². The topological polar surface area (TPSA) is 99.4 Å². The van der Waals surface area contributed by atoms with Crippen LogP contribution in [0.15, 0.2) is 48.5 Å². The van der Waals surface area contributed by atoms with Gasteiger partial charge in [-0.3, -0.25) is 4.79 Å². The molecule has 0 spiro atoms. The number of hydrogen-bond acceptors (Lipinski definition) is 8. The molecule has 2 unspecified atom stereocenters. The molecule has 0 aliphatic carbocycles. The number of nitrogens with zero attached hydrogens (tertiary/aromatic N) is 2. The van der Waals surface area contributed by atoms with Crippen molar-refractivity contribution in [1.29, 1.82) is 0 Å². The van der Waals surface area contributed by atoms with Crippen LogP contribution < -0.4 is 20.5 Å². The molecule has 0 radical (unpaired) electrons. The van der Waals surface area contributed by atoms with E-state index >= 15 is 0 Å². The number of Topliss-reactive ketones (excluding diaryl/α,β-unsaturated/α-hetero) is 1. The number of ketones is 1. The average Bonchev–Trinajstić information content (AvgIpc) is 3.19. The monoisotopic (exact) mass is 426 g/mol. The van der Waals surface area contributed by atoms with Crippen molar-refractivity contribution in [2.24, 2.45) is 5.73 Å². The second-order valence-corrected chi connectivity index (χ2v) is 7.80. The normalized spacial score (nSPS) is 12.8. The zero-order valence-electron chi connectivity index (χ0n) is 17.3. The third-order valence-corrected chi connectivity index (χ3v) is 5.24. The van der Waals surface area contributed by atoms with E-state index < -0.39 is 6.04 Å². The van der Waals surface area contributed by atoms with E-state index in [-0.39, 0.29) is 11.8 Å². The van der Waals surface area contributed by atoms with Crippen LogP contribution in [0.1, 0.15) is 35.1 Å². The van der Waals surface area contributed by atoms with Gasteiger partial charge in [0.25, 0.3) is 0 Å². The van der Waals surface area contributed by atoms with Gasteiger partial charge in [0.1, 0.15) is 17.3 Å². The van der Waals surface area contributed by atoms with Crippen molar-refractivity contribution < 1.29 is 14.3 Å². The number of nitrogens with two attached hydrogens (primary N) is 1. The molecule has 0 saturated carbocycles. The second kappa shape index (κ2) is 10.2. The minimum absolute atomic E-state index is 0.0421. The zero-order valence-corrected chi connectivity index (χ0v) is 18.1. The summed E-state index contributed by atoms with van der Waals surface area (Å²) in [4.78, 5) is 17.6. The highest BCUT2D eigenvalue weighted by molar-refractivity contribution is 7.09. The molecule has 1 aromatic heterocycles. The van der Waals surface area contributed by atoms with Crippen molar-refractivity contribution in [1.82, 2.24) is 9.36 Å². The van der Waals surface area contributed by atoms with Gasteiger partial charge in [0.15, 0.2) is 5.78 Å². The standard InChI is InChI=1S/C22H26N4O3S/c1-14(23)11-19(21(27)16-7-9-17(28-2)10-8-16)24-22-25-20(26-30-22)13-15-5-4-6-18(12-15)29-3/h4-10,12,14,19H,11,13,23H2,1-3H3,(H,24,25,26). The minimum atomic E-state index is -0.490. The summed E-state index contributed by atoms with van der Waals surface area (Å²) in [6, 6.07) is 14.2. The summed E-state index contributed by atoms with van der Waals surface area (Å²) in [6.07, 6.45) is 1.06. The first-order valence-electron chi connectivity index (χ1n) is 9.64. The van der Waals surface area contributed by atoms with Gasteiger partial charge in [0.05, 0.1) is 20.3 Å². The van der Waals surface area contributed by atoms with Gasteiger partial charge in [-0.15, -0.1) is 0 Å². The number of hydrogen-bond donors (Lipinski definition) is 2. The Hall–Kier alpha value is -2.97. The highest BCUT2D eigenvalue weighted by atomic mass is 32.1. The van der Waals surface area contributed by atoms with Gasteiger partial charge in [0.2, 0.25) is 5.13 Å². The molecule has 3 N–H and O–H groups in total. The molecular weight excluding hydrogens is 400 g/mol. The fourth-order valence-corrected chi connectivity index (χ4v) is 3.70. The van der Waals surface area contributed by atoms with Gasteiger partial charge in [0, 0.05) is 29.6 Å². The summed E-state index contributed by atoms with van der Waals surface area (Å²) < 4.78 is 14.8. The number of benzene rings is 2. The summed E-state index contributed by atoms with van der Waals surface area (Å²) in [6.45, 7) is 1.88. The van der Waals surface area contributed by atoms with Gasteiger partial charge in [-0.25, -0.2) is 4.98 Å². The molecule has 0 aliphatic heterocycles. The summed E-state index contributed by atoms with van der Waals surface area (Å²) in [7, 11) is 3.23. The lowest BCUT2D eigenvalue weighted by atomic mass is 9.99. The lowest BCUT2D eigenvalue weighted by molar-refractivity contribution is 0.0963. The van der Waals surface area contributed by atoms with Crippen LogP contribution in [0.3, 0.4) is 0 Å². The fourth-order valence-electron chi connectivity index (χ4n) is 3.06. The molecule has 0 aliphatic rings. The van der Waals surface area contributed by atoms with Crippen LogP contribution in [0, 0.1) is 0 Å². The fraction of sp³-hybridized carbons (Fsp3) is 0.318. The smallest absolute Gasteiger partial charge is 0.203 e. The number of carbonyl (C=O) groups is 1. The molecule has 30 heavy (non-hydrogen) atoms. The molecule has 0 fully saturated rings. The molecule has 8 heteroatoms. The van der Waals surface area contributed by atoms with Crippen molar-refractivity contribution in [2.75, 3.05) is 19.5 Å². The molecule has 1 heterocycles. The maximum Gasteiger partial charge on any atom is 0.203 e. The van der Waals surface area contributed by atoms with Crippen LogP contribution in [-0.4, -0.2) is 41.4 Å². The quantitative estimate of drug-likeness (QED) is 0.478. The van der Waals surface area contributed by atoms with Gasteiger partial charge >= 0.3 is 0 Å². The first-order chi connectivity index (χ1) is 14.5. The molecule has 0 bridgehead atoms. The second-order valence-electron chi connectivity index (χ2n) is 7.05. The van der Waals surface area contributed by atoms with Crippen LogP contribution in [0.2, 0.25) is 0 Å². The Bertz CT molecular complexity index is 973. The Labute approximate surface area is 180 Å². The first kappa shape index (κ1) is 21.7. The van der Waals surface area contributed by atoms with E-state index in [2.05, 4.69) is 14.7 Å². The summed E-state index contributed by atoms with van der Waals surface area (Å²) in [5.41, 5.74) is 7.63. The number of ether oxygens (including phenoxy) is 2. The summed E-state index contributed by atoms with van der Waals surface area (Å²) >= 11 is 1.24. The number of aromatic nitrogens is 2. The predicted octanol–water partition coefficient (Wildman–Crippen LogP) is 3.55. The van der Waals surface area contributed by atoms with Gasteiger partial charge in [-0.2, -0.15) is 4.37 Å². The Kier molecular flexibility index (Phi) is 7.37. The van der Waals surface area contributed by atoms with Crippen molar-refractivity contribution in [3.05, 3.63) is 65.5 Å². The number of methoxy groups -OCH3 is 2. The first-order valence-corrected chi connectivity index (χ1v) is 10.4. The number of carbonyl (C=O) groups excluding carboxylic acids is 1. The Morgan fingerprint density at radius 1 is 1.13 bits per heavy atom. The SMILES string of the molecule is COc1ccc(C(=O)C(CC(C)N)Nc2nc(Cc3cccc(OC)c3)ns2)cc1. The Morgan fingerprint density at radius 3 is 2.53 bits per heavy atom. The zero-order chi connectivity index (χ0) is 21.5. The number of rotatable bonds is 10. The largest absolute Gasteiger partial charge is 0.497 e. The van der Waals surface area contributed by atoms with Crippen molar-refractivity contribution in [3.63, 3.8) is 0 Å². The molecule has 3 rings (SSSR count). The van der Waals surface area contributed by atoms with E-state index in [0.717, 1.165) is 11.3 Å². The number of nitrogens with one attached hydrogen (secondary N) is 1. The molecule has 7 nitrogen and oxygen atoms in total. The maximum absolute atomic E-state index is 13.0. The lowest BCUT2D eigenvalue weighted by Gasteiger charge is -2.19. The highest BCUT2D eigenvalue weighted by Gasteiger charge is 2.23. The van der Waals surface area contributed by atoms with Crippen LogP contribution >= 0.6 is 11.5 Å². The highest BCUT2D eigenvalue weighted by Crippen LogP contribution is 2.21. The van der Waals surface area contributed by atoms with Gasteiger partial charge in [-0.1, -0.05) is 12.1 Å². The molecule has 0 saturated heterocycles. The molecule has 158 valence electrons. The molecule has 0 amide bonds. The lowest BCUT2D eigenvalue weighted by Crippen LogP contribution is -2.35. The maximum atomic E-state index is 13.0. The van der Waals surface area contributed by atoms with Crippen molar-refractivity contribution in [3.8, 4) is 11.5 Å². The van der Waals surface area contributed by atoms with Crippen LogP contribution in [0.25, 0.3) is 0 Å². The minimum Gasteiger partial charge on any atom is -0.497 e. The van der Waals surface area contributed by atoms with Crippen molar-refractivity contribution in [2.45, 2.75) is 31.8 Å². The average molecular weight is 427 g/mol. The predicted molar refractivity (Wildman–Crippen MR) is 119 cm³/mol. The van der Waals surface area contributed by atoms with E-state index in [0.29, 0.717) is 35.1 Å². The van der Waals surface area contributed by atoms with Crippen LogP contribution in [0.4, 0.5) is 5.13 Å². The van der Waals surface area contributed by atoms with E-state index in [1.807, 2.05) is 31.2 Å². The molecule has 2 atom stereocenters. The van der Waals surface area contributed by atoms with Crippen LogP contribution in [-0.2, 0) is 6.42 Å². The van der Waals surface area contributed by atoms with Crippen LogP contribution in [0.5, 0.6) is 11.5 Å². The Balaban J connectivity index is 1.72. The van der Waals surface area contributed by atoms with E-state index in [1.54, 1.807) is 38.5 Å². The van der Waals surface area contributed by atoms with Gasteiger partial charge in [-0.05, 0) is 55.3 Å². The van der Waals surface area contributed by atoms with E-state index in [1.165, 1.54) is 11.5 Å². The number of anilines is 1. The van der Waals surface area contributed by atoms with Gasteiger partial charge < -0.3 is 20.5 Å². The third-order valence-electron chi connectivity index (χ3n) is 4.56. The molecule has 2 aromatic carbocycles. The summed E-state index contributed by atoms with van der Waals surface area (Å²) in [5.74, 6) is 2.14. The molecule has 3 aromatic rings. The summed E-state index contributed by atoms with van der Waals surface area (Å²) in [5, 5.41) is 3.82. The van der Waals surface area contributed by atoms with Crippen molar-refractivity contribution >= 4 is 22.4 Å². The molecular formula is C22H26N4O3S. The Morgan fingerprint density at radius 2 is 1.87 bits per heavy atom. The van der Waals surface area contributed by atoms with E-state index in [9.17, 15) is 4.79 Å². The third kappa shape index (κ3) is 5.77.